The van der Waals surface area contributed by atoms with E-state index in [-0.39, 0.29) is 11.7 Å². The average Bonchev–Trinajstić information content (AvgIpc) is 2.58. The van der Waals surface area contributed by atoms with Crippen LogP contribution in [0.4, 0.5) is 0 Å². The molecule has 0 spiro atoms. The number of carbonyl (C=O) groups excluding carboxylic acids is 2. The summed E-state index contributed by atoms with van der Waals surface area (Å²) in [7, 11) is 0. The van der Waals surface area contributed by atoms with E-state index in [2.05, 4.69) is 29.7 Å². The van der Waals surface area contributed by atoms with E-state index in [0.717, 1.165) is 18.7 Å². The maximum atomic E-state index is 12.1. The zero-order valence-corrected chi connectivity index (χ0v) is 13.6. The molecule has 0 heterocycles. The van der Waals surface area contributed by atoms with Crippen LogP contribution in [0.1, 0.15) is 45.7 Å². The second-order valence-corrected chi connectivity index (χ2v) is 5.42. The highest BCUT2D eigenvalue weighted by Crippen LogP contribution is 2.07. The normalized spacial score (nSPS) is 10.3. The third-order valence-corrected chi connectivity index (χ3v) is 3.58. The van der Waals surface area contributed by atoms with Gasteiger partial charge < -0.3 is 10.6 Å². The molecule has 1 amide bonds. The van der Waals surface area contributed by atoms with E-state index in [1.165, 1.54) is 12.5 Å². The lowest BCUT2D eigenvalue weighted by Gasteiger charge is -2.08. The Balaban J connectivity index is 1.94. The first-order chi connectivity index (χ1) is 11.1. The molecule has 0 saturated heterocycles. The van der Waals surface area contributed by atoms with Gasteiger partial charge in [0.1, 0.15) is 0 Å². The fourth-order valence-electron chi connectivity index (χ4n) is 2.26. The Hall–Kier alpha value is -2.46. The van der Waals surface area contributed by atoms with Gasteiger partial charge in [-0.25, -0.2) is 0 Å². The van der Waals surface area contributed by atoms with Gasteiger partial charge in [-0.15, -0.1) is 0 Å². The number of hydrogen-bond donors (Lipinski definition) is 2. The average molecular weight is 310 g/mol. The van der Waals surface area contributed by atoms with Crippen LogP contribution in [0.2, 0.25) is 0 Å². The SMILES string of the molecule is CCNCc1cccc(CNC(=O)c2ccc(C(C)=O)cc2)c1. The van der Waals surface area contributed by atoms with E-state index < -0.39 is 0 Å². The summed E-state index contributed by atoms with van der Waals surface area (Å²) >= 11 is 0. The fraction of sp³-hybridized carbons (Fsp3) is 0.263. The van der Waals surface area contributed by atoms with Gasteiger partial charge in [-0.3, -0.25) is 9.59 Å². The molecule has 0 saturated carbocycles. The van der Waals surface area contributed by atoms with Gasteiger partial charge in [0.2, 0.25) is 0 Å². The van der Waals surface area contributed by atoms with Gasteiger partial charge in [-0.05, 0) is 36.7 Å². The molecule has 2 N–H and O–H groups in total. The van der Waals surface area contributed by atoms with E-state index in [1.807, 2.05) is 12.1 Å². The summed E-state index contributed by atoms with van der Waals surface area (Å²) in [5.74, 6) is -0.147. The molecular weight excluding hydrogens is 288 g/mol. The maximum absolute atomic E-state index is 12.1. The van der Waals surface area contributed by atoms with Crippen molar-refractivity contribution in [2.45, 2.75) is 26.9 Å². The quantitative estimate of drug-likeness (QED) is 0.773. The molecule has 0 aliphatic heterocycles. The van der Waals surface area contributed by atoms with Gasteiger partial charge in [0.25, 0.3) is 5.91 Å². The molecule has 0 fully saturated rings. The van der Waals surface area contributed by atoms with E-state index >= 15 is 0 Å². The monoisotopic (exact) mass is 310 g/mol. The van der Waals surface area contributed by atoms with Gasteiger partial charge in [-0.2, -0.15) is 0 Å². The topological polar surface area (TPSA) is 58.2 Å². The Morgan fingerprint density at radius 2 is 1.52 bits per heavy atom. The highest BCUT2D eigenvalue weighted by atomic mass is 16.1. The smallest absolute Gasteiger partial charge is 0.251 e. The van der Waals surface area contributed by atoms with Gasteiger partial charge >= 0.3 is 0 Å². The zero-order valence-electron chi connectivity index (χ0n) is 13.6. The van der Waals surface area contributed by atoms with Crippen molar-refractivity contribution in [2.24, 2.45) is 0 Å². The molecule has 4 nitrogen and oxygen atoms in total. The highest BCUT2D eigenvalue weighted by Gasteiger charge is 2.06. The predicted octanol–water partition coefficient (Wildman–Crippen LogP) is 2.93. The van der Waals surface area contributed by atoms with Crippen molar-refractivity contribution in [3.05, 3.63) is 70.8 Å². The summed E-state index contributed by atoms with van der Waals surface area (Å²) in [6.07, 6.45) is 0. The minimum atomic E-state index is -0.141. The van der Waals surface area contributed by atoms with Crippen LogP contribution in [0.3, 0.4) is 0 Å². The Morgan fingerprint density at radius 3 is 2.13 bits per heavy atom. The molecule has 0 radical (unpaired) electrons. The summed E-state index contributed by atoms with van der Waals surface area (Å²) < 4.78 is 0. The second kappa shape index (κ2) is 8.25. The van der Waals surface area contributed by atoms with Crippen molar-refractivity contribution >= 4 is 11.7 Å². The minimum Gasteiger partial charge on any atom is -0.348 e. The molecule has 0 bridgehead atoms. The summed E-state index contributed by atoms with van der Waals surface area (Å²) in [6.45, 7) is 5.81. The summed E-state index contributed by atoms with van der Waals surface area (Å²) in [4.78, 5) is 23.4. The lowest BCUT2D eigenvalue weighted by atomic mass is 10.1. The Kier molecular flexibility index (Phi) is 6.06. The molecule has 0 unspecified atom stereocenters. The van der Waals surface area contributed by atoms with Crippen molar-refractivity contribution in [2.75, 3.05) is 6.54 Å². The Bertz CT molecular complexity index is 678. The van der Waals surface area contributed by atoms with E-state index in [0.29, 0.717) is 17.7 Å². The third-order valence-electron chi connectivity index (χ3n) is 3.58. The van der Waals surface area contributed by atoms with Crippen LogP contribution in [0, 0.1) is 0 Å². The molecule has 2 aromatic rings. The first-order valence-corrected chi connectivity index (χ1v) is 7.78. The van der Waals surface area contributed by atoms with Crippen molar-refractivity contribution in [1.29, 1.82) is 0 Å². The van der Waals surface area contributed by atoms with Crippen LogP contribution in [0.25, 0.3) is 0 Å². The first kappa shape index (κ1) is 16.9. The molecular formula is C19H22N2O2. The number of rotatable bonds is 7. The maximum Gasteiger partial charge on any atom is 0.251 e. The fourth-order valence-corrected chi connectivity index (χ4v) is 2.26. The van der Waals surface area contributed by atoms with E-state index in [1.54, 1.807) is 24.3 Å². The number of benzene rings is 2. The lowest BCUT2D eigenvalue weighted by molar-refractivity contribution is 0.0948. The number of ketones is 1. The van der Waals surface area contributed by atoms with Crippen molar-refractivity contribution in [3.8, 4) is 0 Å². The van der Waals surface area contributed by atoms with Crippen LogP contribution >= 0.6 is 0 Å². The first-order valence-electron chi connectivity index (χ1n) is 7.78. The van der Waals surface area contributed by atoms with Gasteiger partial charge in [0.05, 0.1) is 0 Å². The Labute approximate surface area is 136 Å². The highest BCUT2D eigenvalue weighted by molar-refractivity contribution is 5.97. The zero-order chi connectivity index (χ0) is 16.7. The number of Topliss-reactive ketones (excluding diaryl/α,β-unsaturated/α-hetero) is 1. The molecule has 2 rings (SSSR count). The van der Waals surface area contributed by atoms with Gasteiger partial charge in [-0.1, -0.05) is 43.3 Å². The standard InChI is InChI=1S/C19H22N2O2/c1-3-20-12-15-5-4-6-16(11-15)13-21-19(23)18-9-7-17(8-10-18)14(2)22/h4-11,20H,3,12-13H2,1-2H3,(H,21,23). The molecule has 2 aromatic carbocycles. The number of amides is 1. The largest absolute Gasteiger partial charge is 0.348 e. The van der Waals surface area contributed by atoms with Crippen molar-refractivity contribution in [3.63, 3.8) is 0 Å². The molecule has 0 aromatic heterocycles. The second-order valence-electron chi connectivity index (χ2n) is 5.42. The minimum absolute atomic E-state index is 0.00513. The molecule has 0 aliphatic rings. The summed E-state index contributed by atoms with van der Waals surface area (Å²) in [5, 5.41) is 6.18. The van der Waals surface area contributed by atoms with E-state index in [9.17, 15) is 9.59 Å². The molecule has 0 atom stereocenters. The van der Waals surface area contributed by atoms with Gasteiger partial charge in [0, 0.05) is 24.2 Å². The Morgan fingerprint density at radius 1 is 0.913 bits per heavy atom. The number of hydrogen-bond acceptors (Lipinski definition) is 3. The number of carbonyl (C=O) groups is 2. The molecule has 23 heavy (non-hydrogen) atoms. The predicted molar refractivity (Wildman–Crippen MR) is 91.4 cm³/mol. The van der Waals surface area contributed by atoms with Crippen LogP contribution in [0.5, 0.6) is 0 Å². The van der Waals surface area contributed by atoms with Crippen molar-refractivity contribution in [1.82, 2.24) is 10.6 Å². The number of nitrogens with one attached hydrogen (secondary N) is 2. The van der Waals surface area contributed by atoms with Crippen LogP contribution in [0.15, 0.2) is 48.5 Å². The molecule has 4 heteroatoms. The van der Waals surface area contributed by atoms with Crippen molar-refractivity contribution < 1.29 is 9.59 Å². The van der Waals surface area contributed by atoms with Gasteiger partial charge in [0.15, 0.2) is 5.78 Å². The molecule has 120 valence electrons. The van der Waals surface area contributed by atoms with E-state index in [4.69, 9.17) is 0 Å². The third kappa shape index (κ3) is 5.04. The lowest BCUT2D eigenvalue weighted by Crippen LogP contribution is -2.23. The van der Waals surface area contributed by atoms with Crippen LogP contribution in [-0.2, 0) is 13.1 Å². The summed E-state index contributed by atoms with van der Waals surface area (Å²) in [6, 6.07) is 14.8. The summed E-state index contributed by atoms with van der Waals surface area (Å²) in [5.41, 5.74) is 3.43. The molecule has 0 aliphatic carbocycles. The van der Waals surface area contributed by atoms with Crippen LogP contribution in [-0.4, -0.2) is 18.2 Å². The van der Waals surface area contributed by atoms with Crippen LogP contribution < -0.4 is 10.6 Å².